The maximum Gasteiger partial charge on any atom is 0.272 e. The number of nitrogens with zero attached hydrogens (tertiary/aromatic N) is 2. The molecule has 1 aliphatic rings. The second-order valence-corrected chi connectivity index (χ2v) is 6.74. The number of hydrogen-bond acceptors (Lipinski definition) is 2. The summed E-state index contributed by atoms with van der Waals surface area (Å²) in [5.74, 6) is -1.67. The van der Waals surface area contributed by atoms with E-state index in [0.717, 1.165) is 42.3 Å². The molecule has 0 saturated carbocycles. The Labute approximate surface area is 155 Å². The molecule has 1 N–H and O–H groups in total. The maximum absolute atomic E-state index is 14.0. The molecule has 0 saturated heterocycles. The van der Waals surface area contributed by atoms with Crippen LogP contribution >= 0.6 is 0 Å². The van der Waals surface area contributed by atoms with Crippen LogP contribution in [0.25, 0.3) is 5.69 Å². The maximum atomic E-state index is 14.0. The van der Waals surface area contributed by atoms with Gasteiger partial charge in [0.05, 0.1) is 11.7 Å². The minimum atomic E-state index is -0.678. The first kappa shape index (κ1) is 17.4. The number of fused-ring (bicyclic) bond motifs is 1. The molecule has 27 heavy (non-hydrogen) atoms. The standard InChI is InChI=1S/C21H19F2N3O/c1-13(16-11-10-14(22)12-18(16)23)24-21(27)20-17-8-5-9-19(17)26(25-20)15-6-3-2-4-7-15/h2-4,6-7,10-13H,5,8-9H2,1H3,(H,24,27)/t13-/m1/s1. The number of nitrogens with one attached hydrogen (secondary N) is 1. The number of aromatic nitrogens is 2. The first-order chi connectivity index (χ1) is 13.0. The van der Waals surface area contributed by atoms with Gasteiger partial charge in [-0.25, -0.2) is 13.5 Å². The van der Waals surface area contributed by atoms with E-state index in [-0.39, 0.29) is 11.5 Å². The molecule has 3 aromatic rings. The topological polar surface area (TPSA) is 46.9 Å². The SMILES string of the molecule is C[C@@H](NC(=O)c1nn(-c2ccccc2)c2c1CCC2)c1ccc(F)cc1F. The van der Waals surface area contributed by atoms with Crippen LogP contribution in [-0.2, 0) is 12.8 Å². The summed E-state index contributed by atoms with van der Waals surface area (Å²) in [7, 11) is 0. The second-order valence-electron chi connectivity index (χ2n) is 6.74. The summed E-state index contributed by atoms with van der Waals surface area (Å²) in [4.78, 5) is 12.8. The van der Waals surface area contributed by atoms with Crippen molar-refractivity contribution in [3.05, 3.63) is 82.7 Å². The molecule has 0 spiro atoms. The third-order valence-electron chi connectivity index (χ3n) is 4.92. The molecular weight excluding hydrogens is 348 g/mol. The molecule has 0 bridgehead atoms. The number of halogens is 2. The van der Waals surface area contributed by atoms with Gasteiger partial charge in [0.25, 0.3) is 5.91 Å². The van der Waals surface area contributed by atoms with Gasteiger partial charge in [0, 0.05) is 22.9 Å². The van der Waals surface area contributed by atoms with Crippen molar-refractivity contribution in [1.29, 1.82) is 0 Å². The third kappa shape index (κ3) is 3.23. The van der Waals surface area contributed by atoms with Crippen LogP contribution in [0, 0.1) is 11.6 Å². The van der Waals surface area contributed by atoms with Gasteiger partial charge in [0.1, 0.15) is 11.6 Å². The van der Waals surface area contributed by atoms with Crippen LogP contribution in [-0.4, -0.2) is 15.7 Å². The van der Waals surface area contributed by atoms with Gasteiger partial charge in [-0.1, -0.05) is 24.3 Å². The largest absolute Gasteiger partial charge is 0.344 e. The van der Waals surface area contributed by atoms with Crippen molar-refractivity contribution < 1.29 is 13.6 Å². The Morgan fingerprint density at radius 1 is 1.15 bits per heavy atom. The van der Waals surface area contributed by atoms with Crippen LogP contribution in [0.1, 0.15) is 46.7 Å². The van der Waals surface area contributed by atoms with Gasteiger partial charge in [-0.3, -0.25) is 4.79 Å². The van der Waals surface area contributed by atoms with Gasteiger partial charge in [-0.15, -0.1) is 0 Å². The van der Waals surface area contributed by atoms with Gasteiger partial charge < -0.3 is 5.32 Å². The third-order valence-corrected chi connectivity index (χ3v) is 4.92. The molecule has 0 fully saturated rings. The van der Waals surface area contributed by atoms with Crippen LogP contribution in [0.2, 0.25) is 0 Å². The summed E-state index contributed by atoms with van der Waals surface area (Å²) < 4.78 is 28.9. The number of carbonyl (C=O) groups is 1. The minimum absolute atomic E-state index is 0.240. The van der Waals surface area contributed by atoms with E-state index in [1.807, 2.05) is 35.0 Å². The lowest BCUT2D eigenvalue weighted by Gasteiger charge is -2.14. The lowest BCUT2D eigenvalue weighted by molar-refractivity contribution is 0.0933. The molecule has 1 heterocycles. The van der Waals surface area contributed by atoms with Crippen LogP contribution in [0.15, 0.2) is 48.5 Å². The predicted molar refractivity (Wildman–Crippen MR) is 97.8 cm³/mol. The summed E-state index contributed by atoms with van der Waals surface area (Å²) in [5.41, 5.74) is 3.52. The Balaban J connectivity index is 1.63. The van der Waals surface area contributed by atoms with Gasteiger partial charge in [-0.2, -0.15) is 5.10 Å². The molecule has 0 unspecified atom stereocenters. The molecular formula is C21H19F2N3O. The average Bonchev–Trinajstić information content (AvgIpc) is 3.24. The number of carbonyl (C=O) groups excluding carboxylic acids is 1. The van der Waals surface area contributed by atoms with Crippen molar-refractivity contribution in [3.63, 3.8) is 0 Å². The number of rotatable bonds is 4. The zero-order chi connectivity index (χ0) is 19.0. The van der Waals surface area contributed by atoms with E-state index >= 15 is 0 Å². The first-order valence-electron chi connectivity index (χ1n) is 8.96. The summed E-state index contributed by atoms with van der Waals surface area (Å²) >= 11 is 0. The van der Waals surface area contributed by atoms with Gasteiger partial charge in [0.2, 0.25) is 0 Å². The van der Waals surface area contributed by atoms with Crippen molar-refractivity contribution in [3.8, 4) is 5.69 Å². The van der Waals surface area contributed by atoms with Gasteiger partial charge >= 0.3 is 0 Å². The lowest BCUT2D eigenvalue weighted by atomic mass is 10.1. The fraction of sp³-hybridized carbons (Fsp3) is 0.238. The fourth-order valence-electron chi connectivity index (χ4n) is 3.60. The number of para-hydroxylation sites is 1. The van der Waals surface area contributed by atoms with Gasteiger partial charge in [-0.05, 0) is 44.4 Å². The minimum Gasteiger partial charge on any atom is -0.344 e. The van der Waals surface area contributed by atoms with Gasteiger partial charge in [0.15, 0.2) is 5.69 Å². The zero-order valence-electron chi connectivity index (χ0n) is 14.9. The first-order valence-corrected chi connectivity index (χ1v) is 8.96. The van der Waals surface area contributed by atoms with Crippen LogP contribution in [0.4, 0.5) is 8.78 Å². The van der Waals surface area contributed by atoms with E-state index in [4.69, 9.17) is 0 Å². The molecule has 0 aliphatic heterocycles. The normalized spacial score (nSPS) is 14.0. The smallest absolute Gasteiger partial charge is 0.272 e. The Bertz CT molecular complexity index is 998. The predicted octanol–water partition coefficient (Wildman–Crippen LogP) is 4.13. The van der Waals surface area contributed by atoms with E-state index in [9.17, 15) is 13.6 Å². The van der Waals surface area contributed by atoms with Crippen molar-refractivity contribution in [1.82, 2.24) is 15.1 Å². The number of hydrogen-bond donors (Lipinski definition) is 1. The van der Waals surface area contributed by atoms with E-state index in [2.05, 4.69) is 10.4 Å². The van der Waals surface area contributed by atoms with E-state index in [1.165, 1.54) is 12.1 Å². The van der Waals surface area contributed by atoms with Crippen LogP contribution in [0.3, 0.4) is 0 Å². The summed E-state index contributed by atoms with van der Waals surface area (Å²) in [6.07, 6.45) is 2.64. The molecule has 138 valence electrons. The van der Waals surface area contributed by atoms with E-state index in [0.29, 0.717) is 5.69 Å². The van der Waals surface area contributed by atoms with E-state index in [1.54, 1.807) is 6.92 Å². The Kier molecular flexibility index (Phi) is 4.48. The highest BCUT2D eigenvalue weighted by Crippen LogP contribution is 2.28. The van der Waals surface area contributed by atoms with Crippen LogP contribution < -0.4 is 5.32 Å². The quantitative estimate of drug-likeness (QED) is 0.754. The van der Waals surface area contributed by atoms with Crippen molar-refractivity contribution in [2.24, 2.45) is 0 Å². The lowest BCUT2D eigenvalue weighted by Crippen LogP contribution is -2.28. The second kappa shape index (κ2) is 6.95. The molecule has 0 radical (unpaired) electrons. The Morgan fingerprint density at radius 3 is 2.67 bits per heavy atom. The molecule has 6 heteroatoms. The van der Waals surface area contributed by atoms with Crippen LogP contribution in [0.5, 0.6) is 0 Å². The van der Waals surface area contributed by atoms with Crippen molar-refractivity contribution >= 4 is 5.91 Å². The zero-order valence-corrected chi connectivity index (χ0v) is 14.9. The summed E-state index contributed by atoms with van der Waals surface area (Å²) in [6.45, 7) is 1.67. The molecule has 1 aliphatic carbocycles. The molecule has 1 amide bonds. The highest BCUT2D eigenvalue weighted by molar-refractivity contribution is 5.94. The Hall–Kier alpha value is -3.02. The fourth-order valence-corrected chi connectivity index (χ4v) is 3.60. The molecule has 4 rings (SSSR count). The molecule has 1 atom stereocenters. The number of amides is 1. The monoisotopic (exact) mass is 367 g/mol. The number of benzene rings is 2. The van der Waals surface area contributed by atoms with E-state index < -0.39 is 17.7 Å². The van der Waals surface area contributed by atoms with Crippen molar-refractivity contribution in [2.75, 3.05) is 0 Å². The Morgan fingerprint density at radius 2 is 1.93 bits per heavy atom. The average molecular weight is 367 g/mol. The molecule has 4 nitrogen and oxygen atoms in total. The molecule has 2 aromatic carbocycles. The van der Waals surface area contributed by atoms with Crippen molar-refractivity contribution in [2.45, 2.75) is 32.2 Å². The summed E-state index contributed by atoms with van der Waals surface area (Å²) in [5, 5.41) is 7.33. The highest BCUT2D eigenvalue weighted by Gasteiger charge is 2.28. The molecule has 1 aromatic heterocycles. The highest BCUT2D eigenvalue weighted by atomic mass is 19.1. The summed E-state index contributed by atoms with van der Waals surface area (Å²) in [6, 6.07) is 12.4.